The normalized spacial score (nSPS) is 24.2. The summed E-state index contributed by atoms with van der Waals surface area (Å²) in [6, 6.07) is 6.97. The number of halogens is 1. The molecule has 1 N–H and O–H groups in total. The third-order valence-electron chi connectivity index (χ3n) is 5.69. The molecule has 1 aliphatic carbocycles. The lowest BCUT2D eigenvalue weighted by Crippen LogP contribution is -2.80. The Morgan fingerprint density at radius 1 is 1.27 bits per heavy atom. The number of benzene rings is 1. The summed E-state index contributed by atoms with van der Waals surface area (Å²) in [7, 11) is 0. The zero-order chi connectivity index (χ0) is 19.1. The molecule has 0 radical (unpaired) electrons. The number of hydrogen-bond donors (Lipinski definition) is 1. The van der Waals surface area contributed by atoms with Crippen LogP contribution in [0.5, 0.6) is 0 Å². The minimum atomic E-state index is 0.0674. The number of thiophene rings is 1. The largest absolute Gasteiger partial charge is 0.345 e. The monoisotopic (exact) mass is 392 g/mol. The Kier molecular flexibility index (Phi) is 5.66. The number of nitrogens with zero attached hydrogens (tertiary/aromatic N) is 1. The van der Waals surface area contributed by atoms with E-state index in [9.17, 15) is 4.79 Å². The summed E-state index contributed by atoms with van der Waals surface area (Å²) in [4.78, 5) is 16.0. The van der Waals surface area contributed by atoms with Crippen LogP contribution in [0.4, 0.5) is 0 Å². The van der Waals surface area contributed by atoms with Gasteiger partial charge in [-0.1, -0.05) is 51.4 Å². The average Bonchev–Trinajstić information content (AvgIpc) is 3.32. The number of nitrogens with one attached hydrogen (secondary N) is 1. The first-order valence-electron chi connectivity index (χ1n) is 9.86. The number of piperidine rings is 1. The lowest BCUT2D eigenvalue weighted by Gasteiger charge is -2.63. The van der Waals surface area contributed by atoms with E-state index in [0.29, 0.717) is 17.6 Å². The van der Waals surface area contributed by atoms with Crippen molar-refractivity contribution >= 4 is 38.9 Å². The second-order valence-electron chi connectivity index (χ2n) is 6.83. The van der Waals surface area contributed by atoms with Crippen molar-refractivity contribution in [1.82, 2.24) is 10.2 Å². The van der Waals surface area contributed by atoms with E-state index in [1.54, 1.807) is 0 Å². The van der Waals surface area contributed by atoms with Crippen LogP contribution in [-0.4, -0.2) is 35.0 Å². The molecule has 1 aromatic carbocycles. The van der Waals surface area contributed by atoms with Crippen molar-refractivity contribution < 1.29 is 4.79 Å². The number of amides is 1. The van der Waals surface area contributed by atoms with Gasteiger partial charge in [0.25, 0.3) is 5.91 Å². The molecule has 2 atom stereocenters. The van der Waals surface area contributed by atoms with E-state index in [-0.39, 0.29) is 5.91 Å². The van der Waals surface area contributed by atoms with Gasteiger partial charge in [0.15, 0.2) is 0 Å². The summed E-state index contributed by atoms with van der Waals surface area (Å²) in [5.41, 5.74) is 1.38. The summed E-state index contributed by atoms with van der Waals surface area (Å²) in [5.74, 6) is 0.0674. The van der Waals surface area contributed by atoms with Gasteiger partial charge in [0.1, 0.15) is 0 Å². The highest BCUT2D eigenvalue weighted by Crippen LogP contribution is 2.59. The Morgan fingerprint density at radius 2 is 1.96 bits per heavy atom. The van der Waals surface area contributed by atoms with Crippen LogP contribution in [0.2, 0.25) is 5.02 Å². The fourth-order valence-corrected chi connectivity index (χ4v) is 5.55. The molecule has 142 valence electrons. The van der Waals surface area contributed by atoms with E-state index in [1.807, 2.05) is 52.8 Å². The smallest absolute Gasteiger partial charge is 0.261 e. The van der Waals surface area contributed by atoms with Crippen LogP contribution in [0.25, 0.3) is 10.1 Å². The highest BCUT2D eigenvalue weighted by atomic mass is 35.5. The molecule has 2 saturated heterocycles. The summed E-state index contributed by atoms with van der Waals surface area (Å²) in [6.07, 6.45) is 3.71. The van der Waals surface area contributed by atoms with Crippen LogP contribution in [-0.2, 0) is 0 Å². The third kappa shape index (κ3) is 2.87. The van der Waals surface area contributed by atoms with Crippen molar-refractivity contribution in [2.75, 3.05) is 6.54 Å². The molecule has 1 aromatic heterocycles. The molecule has 0 bridgehead atoms. The van der Waals surface area contributed by atoms with Gasteiger partial charge in [-0.25, -0.2) is 0 Å². The van der Waals surface area contributed by atoms with E-state index >= 15 is 0 Å². The summed E-state index contributed by atoms with van der Waals surface area (Å²) in [6.45, 7) is 11.2. The van der Waals surface area contributed by atoms with Crippen LogP contribution in [0.1, 0.15) is 62.2 Å². The Balaban J connectivity index is 0.000000461. The Bertz CT molecular complexity index is 812. The Hall–Kier alpha value is -1.10. The Morgan fingerprint density at radius 3 is 2.54 bits per heavy atom. The quantitative estimate of drug-likeness (QED) is 0.717. The van der Waals surface area contributed by atoms with Crippen molar-refractivity contribution in [2.45, 2.75) is 71.5 Å². The second-order valence-corrected chi connectivity index (χ2v) is 8.26. The van der Waals surface area contributed by atoms with Gasteiger partial charge in [-0.05, 0) is 43.2 Å². The Labute approximate surface area is 165 Å². The first-order valence-corrected chi connectivity index (χ1v) is 11.1. The average molecular weight is 393 g/mol. The number of fused-ring (bicyclic) bond motifs is 3. The van der Waals surface area contributed by atoms with Gasteiger partial charge in [0.2, 0.25) is 0 Å². The molecular formula is C21H29ClN2OS. The standard InChI is InChI=1S/C17H17ClN2OS.2C2H6/c1-9-2-3-10-8-12(22-14(10)13(9)18)16(21)19-15-11-4-7-20(11)17(15)5-6-17;2*1-2/h2-3,8,11,15H,4-7H2,1H3,(H,19,21);2*1-2H3. The molecular weight excluding hydrogens is 364 g/mol. The summed E-state index contributed by atoms with van der Waals surface area (Å²) < 4.78 is 1.02. The van der Waals surface area contributed by atoms with E-state index in [0.717, 1.165) is 25.5 Å². The number of hydrogen-bond acceptors (Lipinski definition) is 3. The minimum Gasteiger partial charge on any atom is -0.345 e. The fourth-order valence-electron chi connectivity index (χ4n) is 4.21. The van der Waals surface area contributed by atoms with Gasteiger partial charge in [-0.2, -0.15) is 0 Å². The molecule has 1 spiro atoms. The summed E-state index contributed by atoms with van der Waals surface area (Å²) in [5, 5.41) is 5.13. The van der Waals surface area contributed by atoms with Crippen molar-refractivity contribution in [3.8, 4) is 0 Å². The van der Waals surface area contributed by atoms with E-state index < -0.39 is 0 Å². The maximum Gasteiger partial charge on any atom is 0.261 e. The van der Waals surface area contributed by atoms with Gasteiger partial charge in [-0.3, -0.25) is 9.69 Å². The van der Waals surface area contributed by atoms with Gasteiger partial charge >= 0.3 is 0 Å². The number of carbonyl (C=O) groups excluding carboxylic acids is 1. The first kappa shape index (κ1) is 19.7. The molecule has 5 heteroatoms. The maximum absolute atomic E-state index is 12.6. The molecule has 5 rings (SSSR count). The van der Waals surface area contributed by atoms with Crippen LogP contribution < -0.4 is 5.32 Å². The van der Waals surface area contributed by atoms with Crippen molar-refractivity contribution in [3.63, 3.8) is 0 Å². The molecule has 1 saturated carbocycles. The van der Waals surface area contributed by atoms with E-state index in [2.05, 4.69) is 10.2 Å². The van der Waals surface area contributed by atoms with Gasteiger partial charge in [0, 0.05) is 18.1 Å². The lowest BCUT2D eigenvalue weighted by molar-refractivity contribution is -0.113. The number of rotatable bonds is 2. The van der Waals surface area contributed by atoms with Crippen LogP contribution in [0.15, 0.2) is 18.2 Å². The van der Waals surface area contributed by atoms with Gasteiger partial charge in [-0.15, -0.1) is 11.3 Å². The van der Waals surface area contributed by atoms with Crippen molar-refractivity contribution in [2.24, 2.45) is 0 Å². The molecule has 26 heavy (non-hydrogen) atoms. The molecule has 3 fully saturated rings. The molecule has 3 aliphatic rings. The molecule has 3 heterocycles. The summed E-state index contributed by atoms with van der Waals surface area (Å²) >= 11 is 7.87. The van der Waals surface area contributed by atoms with Gasteiger partial charge in [0.05, 0.1) is 20.6 Å². The molecule has 2 aliphatic heterocycles. The first-order chi connectivity index (χ1) is 12.6. The highest BCUT2D eigenvalue weighted by molar-refractivity contribution is 7.21. The topological polar surface area (TPSA) is 32.3 Å². The molecule has 3 nitrogen and oxygen atoms in total. The SMILES string of the molecule is CC.CC.Cc1ccc2cc(C(=O)NC3C4CCN4C34CC4)sc2c1Cl. The second kappa shape index (κ2) is 7.49. The van der Waals surface area contributed by atoms with Gasteiger partial charge < -0.3 is 5.32 Å². The maximum atomic E-state index is 12.6. The van der Waals surface area contributed by atoms with Crippen LogP contribution >= 0.6 is 22.9 Å². The van der Waals surface area contributed by atoms with E-state index in [4.69, 9.17) is 11.6 Å². The zero-order valence-corrected chi connectivity index (χ0v) is 17.9. The predicted octanol–water partition coefficient (Wildman–Crippen LogP) is 5.63. The number of carbonyl (C=O) groups is 1. The highest BCUT2D eigenvalue weighted by Gasteiger charge is 2.70. The van der Waals surface area contributed by atoms with E-state index in [1.165, 1.54) is 37.1 Å². The van der Waals surface area contributed by atoms with Crippen molar-refractivity contribution in [3.05, 3.63) is 33.7 Å². The number of aryl methyl sites for hydroxylation is 1. The zero-order valence-electron chi connectivity index (χ0n) is 16.4. The van der Waals surface area contributed by atoms with Crippen molar-refractivity contribution in [1.29, 1.82) is 0 Å². The van der Waals surface area contributed by atoms with Crippen LogP contribution in [0, 0.1) is 6.92 Å². The predicted molar refractivity (Wildman–Crippen MR) is 113 cm³/mol. The van der Waals surface area contributed by atoms with Crippen LogP contribution in [0.3, 0.4) is 0 Å². The molecule has 2 aromatic rings. The molecule has 2 unspecified atom stereocenters. The third-order valence-corrected chi connectivity index (χ3v) is 7.46. The lowest BCUT2D eigenvalue weighted by atomic mass is 9.75. The molecule has 1 amide bonds. The minimum absolute atomic E-state index is 0.0674. The fraction of sp³-hybridized carbons (Fsp3) is 0.571.